The van der Waals surface area contributed by atoms with Gasteiger partial charge in [0, 0.05) is 5.54 Å². The summed E-state index contributed by atoms with van der Waals surface area (Å²) >= 11 is 0. The van der Waals surface area contributed by atoms with Crippen molar-refractivity contribution in [3.05, 3.63) is 69.8 Å². The highest BCUT2D eigenvalue weighted by Gasteiger charge is 2.46. The molecule has 0 aliphatic heterocycles. The monoisotopic (exact) mass is 422 g/mol. The van der Waals surface area contributed by atoms with Crippen molar-refractivity contribution in [1.82, 2.24) is 0 Å². The lowest BCUT2D eigenvalue weighted by atomic mass is 10.1. The van der Waals surface area contributed by atoms with Crippen molar-refractivity contribution < 1.29 is 4.80 Å². The van der Waals surface area contributed by atoms with Gasteiger partial charge >= 0.3 is 0 Å². The molecule has 0 unspecified atom stereocenters. The van der Waals surface area contributed by atoms with Crippen LogP contribution in [0.5, 0.6) is 0 Å². The lowest BCUT2D eigenvalue weighted by molar-refractivity contribution is 0.531. The first kappa shape index (κ1) is 24.6. The third-order valence-corrected chi connectivity index (χ3v) is 11.1. The maximum Gasteiger partial charge on any atom is 0.260 e. The van der Waals surface area contributed by atoms with Crippen molar-refractivity contribution in [1.29, 1.82) is 0 Å². The summed E-state index contributed by atoms with van der Waals surface area (Å²) < 4.78 is 0. The van der Waals surface area contributed by atoms with Gasteiger partial charge in [0.1, 0.15) is 0 Å². The fourth-order valence-corrected chi connectivity index (χ4v) is 10.3. The minimum atomic E-state index is -3.02. The molecule has 30 heavy (non-hydrogen) atoms. The van der Waals surface area contributed by atoms with Gasteiger partial charge in [0.05, 0.1) is 0 Å². The number of rotatable bonds is 9. The van der Waals surface area contributed by atoms with Crippen LogP contribution in [0, 0.1) is 41.5 Å². The van der Waals surface area contributed by atoms with Crippen molar-refractivity contribution in [2.24, 2.45) is 0 Å². The van der Waals surface area contributed by atoms with Gasteiger partial charge in [0.2, 0.25) is 0 Å². The minimum absolute atomic E-state index is 0.180. The van der Waals surface area contributed by atoms with Crippen molar-refractivity contribution >= 4 is 18.7 Å². The number of unbranched alkanes of at least 4 members (excludes halogenated alkanes) is 3. The summed E-state index contributed by atoms with van der Waals surface area (Å²) in [5.41, 5.74) is 7.68. The quantitative estimate of drug-likeness (QED) is 0.277. The Bertz CT molecular complexity index is 790. The van der Waals surface area contributed by atoms with Crippen LogP contribution in [0.2, 0.25) is 5.54 Å². The molecule has 0 aromatic heterocycles. The summed E-state index contributed by atoms with van der Waals surface area (Å²) in [4.78, 5) is 12.9. The molecule has 0 aliphatic rings. The SMILES string of the molecule is CC=C[C@@H](CCCCCC)[Si](O)(c1c(C)cc(C)cc1C)c1c(C)cc(C)cc1C. The highest BCUT2D eigenvalue weighted by Crippen LogP contribution is 2.31. The Hall–Kier alpha value is -1.64. The maximum absolute atomic E-state index is 12.9. The molecule has 0 aliphatic carbocycles. The molecule has 2 aromatic rings. The molecular weight excluding hydrogens is 380 g/mol. The lowest BCUT2D eigenvalue weighted by Gasteiger charge is -2.38. The van der Waals surface area contributed by atoms with Crippen LogP contribution < -0.4 is 10.4 Å². The molecule has 0 bridgehead atoms. The van der Waals surface area contributed by atoms with Crippen LogP contribution in [0.3, 0.4) is 0 Å². The number of hydrogen-bond acceptors (Lipinski definition) is 1. The third kappa shape index (κ3) is 5.15. The van der Waals surface area contributed by atoms with E-state index in [2.05, 4.69) is 91.8 Å². The normalized spacial score (nSPS) is 13.2. The Morgan fingerprint density at radius 2 is 1.20 bits per heavy atom. The molecule has 0 fully saturated rings. The van der Waals surface area contributed by atoms with Crippen LogP contribution in [0.15, 0.2) is 36.4 Å². The Kier molecular flexibility index (Phi) is 8.69. The van der Waals surface area contributed by atoms with Gasteiger partial charge in [-0.1, -0.05) is 80.2 Å². The van der Waals surface area contributed by atoms with E-state index in [1.54, 1.807) is 0 Å². The predicted molar refractivity (Wildman–Crippen MR) is 136 cm³/mol. The topological polar surface area (TPSA) is 20.2 Å². The lowest BCUT2D eigenvalue weighted by Crippen LogP contribution is -2.65. The van der Waals surface area contributed by atoms with Crippen LogP contribution in [0.1, 0.15) is 79.3 Å². The molecule has 2 aromatic carbocycles. The molecule has 0 amide bonds. The summed E-state index contributed by atoms with van der Waals surface area (Å²) in [7, 11) is -3.02. The third-order valence-electron chi connectivity index (χ3n) is 6.45. The number of allylic oxidation sites excluding steroid dienone is 2. The molecule has 1 atom stereocenters. The van der Waals surface area contributed by atoms with E-state index >= 15 is 0 Å². The molecule has 1 N–H and O–H groups in total. The average molecular weight is 423 g/mol. The number of aryl methyl sites for hydroxylation is 6. The molecule has 2 rings (SSSR count). The molecule has 2 heteroatoms. The second kappa shape index (κ2) is 10.6. The van der Waals surface area contributed by atoms with Crippen molar-refractivity contribution in [2.75, 3.05) is 0 Å². The van der Waals surface area contributed by atoms with Gasteiger partial charge in [-0.15, -0.1) is 0 Å². The van der Waals surface area contributed by atoms with Gasteiger partial charge in [0.15, 0.2) is 0 Å². The van der Waals surface area contributed by atoms with Crippen molar-refractivity contribution in [2.45, 2.75) is 93.0 Å². The minimum Gasteiger partial charge on any atom is -0.423 e. The molecule has 0 radical (unpaired) electrons. The molecule has 0 saturated carbocycles. The summed E-state index contributed by atoms with van der Waals surface area (Å²) in [6.45, 7) is 17.4. The smallest absolute Gasteiger partial charge is 0.260 e. The zero-order valence-electron chi connectivity index (χ0n) is 20.5. The largest absolute Gasteiger partial charge is 0.423 e. The second-order valence-corrected chi connectivity index (χ2v) is 12.6. The molecular formula is C28H42OSi. The van der Waals surface area contributed by atoms with E-state index in [4.69, 9.17) is 0 Å². The zero-order chi connectivity index (χ0) is 22.5. The molecule has 164 valence electrons. The summed E-state index contributed by atoms with van der Waals surface area (Å²) in [5, 5.41) is 2.45. The highest BCUT2D eigenvalue weighted by atomic mass is 28.4. The predicted octanol–water partition coefficient (Wildman–Crippen LogP) is 6.51. The Morgan fingerprint density at radius 3 is 1.57 bits per heavy atom. The first-order valence-corrected chi connectivity index (χ1v) is 13.7. The van der Waals surface area contributed by atoms with E-state index in [1.165, 1.54) is 69.4 Å². The van der Waals surface area contributed by atoms with E-state index in [1.807, 2.05) is 0 Å². The molecule has 0 saturated heterocycles. The first-order chi connectivity index (χ1) is 14.2. The highest BCUT2D eigenvalue weighted by molar-refractivity contribution is 6.99. The summed E-state index contributed by atoms with van der Waals surface area (Å²) in [6.07, 6.45) is 10.4. The second-order valence-electron chi connectivity index (χ2n) is 9.30. The standard InChI is InChI=1S/C28H42OSi/c1-9-11-12-13-15-26(14-10-2)30(29,27-22(5)16-20(3)17-23(27)6)28-24(7)18-21(4)19-25(28)8/h10,14,16-19,26,29H,9,11-13,15H2,1-8H3/t26-/m0/s1. The summed E-state index contributed by atoms with van der Waals surface area (Å²) in [6, 6.07) is 9.01. The average Bonchev–Trinajstić information content (AvgIpc) is 2.62. The van der Waals surface area contributed by atoms with Crippen LogP contribution >= 0.6 is 0 Å². The fraction of sp³-hybridized carbons (Fsp3) is 0.500. The van der Waals surface area contributed by atoms with Crippen LogP contribution in [-0.2, 0) is 0 Å². The fourth-order valence-electron chi connectivity index (χ4n) is 5.53. The first-order valence-electron chi connectivity index (χ1n) is 11.7. The van der Waals surface area contributed by atoms with Crippen molar-refractivity contribution in [3.8, 4) is 0 Å². The maximum atomic E-state index is 12.9. The van der Waals surface area contributed by atoms with Gasteiger partial charge in [0.25, 0.3) is 8.32 Å². The Morgan fingerprint density at radius 1 is 0.767 bits per heavy atom. The van der Waals surface area contributed by atoms with E-state index in [0.717, 1.165) is 6.42 Å². The van der Waals surface area contributed by atoms with E-state index < -0.39 is 8.32 Å². The van der Waals surface area contributed by atoms with Gasteiger partial charge in [-0.25, -0.2) is 0 Å². The van der Waals surface area contributed by atoms with Crippen LogP contribution in [0.25, 0.3) is 0 Å². The van der Waals surface area contributed by atoms with E-state index in [0.29, 0.717) is 0 Å². The van der Waals surface area contributed by atoms with Gasteiger partial charge < -0.3 is 4.80 Å². The van der Waals surface area contributed by atoms with Crippen molar-refractivity contribution in [3.63, 3.8) is 0 Å². The van der Waals surface area contributed by atoms with Crippen LogP contribution in [0.4, 0.5) is 0 Å². The molecule has 0 spiro atoms. The summed E-state index contributed by atoms with van der Waals surface area (Å²) in [5.74, 6) is 0. The van der Waals surface area contributed by atoms with Gasteiger partial charge in [-0.2, -0.15) is 0 Å². The van der Waals surface area contributed by atoms with E-state index in [-0.39, 0.29) is 5.54 Å². The zero-order valence-corrected chi connectivity index (χ0v) is 21.5. The van der Waals surface area contributed by atoms with Gasteiger partial charge in [-0.05, 0) is 87.5 Å². The number of hydrogen-bond donors (Lipinski definition) is 1. The molecule has 0 heterocycles. The Balaban J connectivity index is 2.78. The van der Waals surface area contributed by atoms with Gasteiger partial charge in [-0.3, -0.25) is 0 Å². The number of benzene rings is 2. The Labute approximate surface area is 186 Å². The van der Waals surface area contributed by atoms with Crippen LogP contribution in [-0.4, -0.2) is 13.1 Å². The molecule has 1 nitrogen and oxygen atoms in total. The van der Waals surface area contributed by atoms with E-state index in [9.17, 15) is 4.80 Å².